The average Bonchev–Trinajstić information content (AvgIpc) is 2.30. The summed E-state index contributed by atoms with van der Waals surface area (Å²) in [7, 11) is 0. The summed E-state index contributed by atoms with van der Waals surface area (Å²) < 4.78 is 0.480. The normalized spacial score (nSPS) is 18.8. The summed E-state index contributed by atoms with van der Waals surface area (Å²) in [5.74, 6) is -0.580. The zero-order chi connectivity index (χ0) is 11.7. The van der Waals surface area contributed by atoms with Gasteiger partial charge in [-0.1, -0.05) is 17.0 Å². The average molecular weight is 220 g/mol. The topological polar surface area (TPSA) is 81.8 Å². The molecule has 0 radical (unpaired) electrons. The zero-order valence-corrected chi connectivity index (χ0v) is 8.54. The van der Waals surface area contributed by atoms with E-state index in [9.17, 15) is 9.70 Å². The molecule has 1 aliphatic heterocycles. The molecule has 6 nitrogen and oxygen atoms in total. The molecule has 1 unspecified atom stereocenters. The van der Waals surface area contributed by atoms with Crippen LogP contribution in [-0.4, -0.2) is 21.7 Å². The molecule has 1 amide bonds. The lowest BCUT2D eigenvalue weighted by Crippen LogP contribution is -2.36. The van der Waals surface area contributed by atoms with Gasteiger partial charge in [0.25, 0.3) is 11.9 Å². The Morgan fingerprint density at radius 1 is 1.50 bits per heavy atom. The second-order valence-corrected chi connectivity index (χ2v) is 3.42. The van der Waals surface area contributed by atoms with Crippen LogP contribution in [0.3, 0.4) is 0 Å². The highest BCUT2D eigenvalue weighted by atomic mass is 16.5. The first kappa shape index (κ1) is 10.4. The Morgan fingerprint density at radius 3 is 2.88 bits per heavy atom. The molecule has 2 rings (SSSR count). The predicted molar refractivity (Wildman–Crippen MR) is 55.5 cm³/mol. The number of aliphatic imine (C=N–C) groups is 1. The number of carbonyl (C=O) groups is 1. The van der Waals surface area contributed by atoms with E-state index in [1.165, 1.54) is 12.4 Å². The first-order valence-electron chi connectivity index (χ1n) is 4.69. The van der Waals surface area contributed by atoms with E-state index in [1.807, 2.05) is 0 Å². The van der Waals surface area contributed by atoms with Crippen LogP contribution >= 0.6 is 0 Å². The monoisotopic (exact) mass is 220 g/mol. The Bertz CT molecular complexity index is 496. The fourth-order valence-electron chi connectivity index (χ4n) is 1.67. The highest BCUT2D eigenvalue weighted by Crippen LogP contribution is 2.32. The van der Waals surface area contributed by atoms with Crippen molar-refractivity contribution in [2.45, 2.75) is 13.0 Å². The maximum atomic E-state index is 11.7. The molecule has 0 bridgehead atoms. The van der Waals surface area contributed by atoms with Gasteiger partial charge in [-0.3, -0.25) is 10.0 Å². The Labute approximate surface area is 91.1 Å². The number of nitroso groups, excluding NO2 is 1. The Hall–Kier alpha value is -2.08. The molecule has 0 saturated carbocycles. The van der Waals surface area contributed by atoms with Gasteiger partial charge in [0.2, 0.25) is 0 Å². The number of nitrogens with one attached hydrogen (secondary N) is 1. The summed E-state index contributed by atoms with van der Waals surface area (Å²) >= 11 is 0. The highest BCUT2D eigenvalue weighted by molar-refractivity contribution is 5.88. The number of hydroxylamine groups is 1. The predicted octanol–water partition coefficient (Wildman–Crippen LogP) is 1.08. The third-order valence-corrected chi connectivity index (χ3v) is 2.43. The number of hydrogen-bond acceptors (Lipinski definition) is 4. The minimum Gasteiger partial charge on any atom is -0.288 e. The van der Waals surface area contributed by atoms with E-state index >= 15 is 0 Å². The van der Waals surface area contributed by atoms with Gasteiger partial charge in [0.1, 0.15) is 0 Å². The van der Waals surface area contributed by atoms with Crippen LogP contribution in [-0.2, 0) is 4.79 Å². The smallest absolute Gasteiger partial charge is 0.288 e. The van der Waals surface area contributed by atoms with Crippen molar-refractivity contribution in [2.75, 3.05) is 0 Å². The van der Waals surface area contributed by atoms with Crippen LogP contribution in [0.1, 0.15) is 18.5 Å². The van der Waals surface area contributed by atoms with E-state index in [0.717, 1.165) is 0 Å². The summed E-state index contributed by atoms with van der Waals surface area (Å²) in [6.45, 7) is 1.51. The third-order valence-electron chi connectivity index (χ3n) is 2.43. The molecule has 2 N–H and O–H groups in total. The molecule has 1 aromatic rings. The maximum absolute atomic E-state index is 11.7. The summed E-state index contributed by atoms with van der Waals surface area (Å²) in [4.78, 5) is 27.2. The number of benzene rings is 1. The molecule has 0 aromatic heterocycles. The number of nitrogens with zero attached hydrogens (tertiary/aromatic N) is 2. The van der Waals surface area contributed by atoms with Gasteiger partial charge in [0.05, 0.1) is 5.56 Å². The van der Waals surface area contributed by atoms with Crippen LogP contribution in [0.4, 0.5) is 5.69 Å². The van der Waals surface area contributed by atoms with E-state index in [4.69, 9.17) is 5.21 Å². The lowest BCUT2D eigenvalue weighted by molar-refractivity contribution is -0.470. The van der Waals surface area contributed by atoms with Crippen LogP contribution in [0, 0.1) is 4.91 Å². The van der Waals surface area contributed by atoms with E-state index in [1.54, 1.807) is 24.3 Å². The molecule has 82 valence electrons. The van der Waals surface area contributed by atoms with Crippen LogP contribution < -0.4 is 5.48 Å². The fraction of sp³-hybridized carbons (Fsp3) is 0.200. The van der Waals surface area contributed by atoms with Crippen molar-refractivity contribution >= 4 is 17.4 Å². The number of carbonyl (C=O) groups excluding carboxylic acids is 1. The molecular weight excluding hydrogens is 210 g/mol. The minimum atomic E-state index is -1.08. The maximum Gasteiger partial charge on any atom is 0.335 e. The van der Waals surface area contributed by atoms with Gasteiger partial charge in [0.15, 0.2) is 5.69 Å². The van der Waals surface area contributed by atoms with Crippen molar-refractivity contribution in [1.82, 2.24) is 5.48 Å². The number of hydrogen-bond donors (Lipinski definition) is 2. The van der Waals surface area contributed by atoms with Gasteiger partial charge in [-0.15, -0.1) is 0 Å². The van der Waals surface area contributed by atoms with Crippen LogP contribution in [0.25, 0.3) is 0 Å². The lowest BCUT2D eigenvalue weighted by Gasteiger charge is -2.14. The van der Waals surface area contributed by atoms with Gasteiger partial charge < -0.3 is 0 Å². The molecule has 0 saturated heterocycles. The van der Waals surface area contributed by atoms with Gasteiger partial charge in [-0.25, -0.2) is 5.48 Å². The summed E-state index contributed by atoms with van der Waals surface area (Å²) in [5, 5.41) is 8.61. The molecule has 0 spiro atoms. The first-order chi connectivity index (χ1) is 7.65. The van der Waals surface area contributed by atoms with Gasteiger partial charge in [-0.05, 0) is 21.9 Å². The summed E-state index contributed by atoms with van der Waals surface area (Å²) in [6.07, 6.45) is 0. The number of rotatable bonds is 1. The Kier molecular flexibility index (Phi) is 2.49. The minimum absolute atomic E-state index is 0.187. The number of amidine groups is 1. The lowest BCUT2D eigenvalue weighted by atomic mass is 10.0. The highest BCUT2D eigenvalue weighted by Gasteiger charge is 2.40. The molecule has 1 atom stereocenters. The van der Waals surface area contributed by atoms with Crippen molar-refractivity contribution in [2.24, 2.45) is 4.99 Å². The van der Waals surface area contributed by atoms with Crippen LogP contribution in [0.15, 0.2) is 29.3 Å². The summed E-state index contributed by atoms with van der Waals surface area (Å²) in [5.41, 5.74) is 2.54. The third kappa shape index (κ3) is 1.49. The molecule has 1 heterocycles. The van der Waals surface area contributed by atoms with E-state index in [0.29, 0.717) is 16.0 Å². The summed E-state index contributed by atoms with van der Waals surface area (Å²) in [6, 6.07) is 5.74. The number of para-hydroxylation sites is 1. The van der Waals surface area contributed by atoms with Gasteiger partial charge in [-0.2, -0.15) is 0 Å². The quantitative estimate of drug-likeness (QED) is 0.422. The molecule has 0 aliphatic carbocycles. The van der Waals surface area contributed by atoms with E-state index in [-0.39, 0.29) is 5.84 Å². The molecule has 16 heavy (non-hydrogen) atoms. The molecule has 6 heteroatoms. The zero-order valence-electron chi connectivity index (χ0n) is 8.54. The van der Waals surface area contributed by atoms with Crippen LogP contribution in [0.5, 0.6) is 0 Å². The standard InChI is InChI=1S/C10H9N3O3/c1-6-11-8-5-3-2-4-7(8)9(13(6)16)10(14)12-15/h2-5,9H,1H3,(H-,11,12,14,15,16)/p+1. The number of amides is 1. The van der Waals surface area contributed by atoms with Gasteiger partial charge in [0, 0.05) is 6.92 Å². The largest absolute Gasteiger partial charge is 0.335 e. The van der Waals surface area contributed by atoms with Crippen molar-refractivity contribution < 1.29 is 14.8 Å². The van der Waals surface area contributed by atoms with E-state index < -0.39 is 11.9 Å². The Morgan fingerprint density at radius 2 is 2.19 bits per heavy atom. The second kappa shape index (κ2) is 3.82. The van der Waals surface area contributed by atoms with Crippen molar-refractivity contribution in [3.05, 3.63) is 34.7 Å². The van der Waals surface area contributed by atoms with E-state index in [2.05, 4.69) is 4.99 Å². The van der Waals surface area contributed by atoms with Crippen molar-refractivity contribution in [3.8, 4) is 0 Å². The van der Waals surface area contributed by atoms with Crippen molar-refractivity contribution in [3.63, 3.8) is 0 Å². The van der Waals surface area contributed by atoms with Crippen molar-refractivity contribution in [1.29, 1.82) is 0 Å². The van der Waals surface area contributed by atoms with Crippen LogP contribution in [0.2, 0.25) is 0 Å². The molecular formula is C10H10N3O3+. The SMILES string of the molecule is CC1=Nc2ccccc2C(C(=O)NO)[N+]1=O. The molecule has 1 aliphatic rings. The number of fused-ring (bicyclic) bond motifs is 1. The Balaban J connectivity index is 2.58. The second-order valence-electron chi connectivity index (χ2n) is 3.42. The molecule has 1 aromatic carbocycles. The van der Waals surface area contributed by atoms with Gasteiger partial charge >= 0.3 is 5.84 Å². The first-order valence-corrected chi connectivity index (χ1v) is 4.69. The molecule has 0 fully saturated rings. The fourth-order valence-corrected chi connectivity index (χ4v) is 1.67.